The number of hydrogen-bond donors (Lipinski definition) is 2. The minimum absolute atomic E-state index is 0.155. The third-order valence-corrected chi connectivity index (χ3v) is 6.85. The van der Waals surface area contributed by atoms with Crippen molar-refractivity contribution in [2.45, 2.75) is 26.7 Å². The summed E-state index contributed by atoms with van der Waals surface area (Å²) in [5.74, 6) is -1.15. The number of anilines is 3. The van der Waals surface area contributed by atoms with E-state index in [4.69, 9.17) is 4.74 Å². The molecule has 2 amide bonds. The molecule has 0 spiro atoms. The second-order valence-electron chi connectivity index (χ2n) is 8.00. The molecule has 3 aromatic rings. The van der Waals surface area contributed by atoms with Crippen LogP contribution in [0.4, 0.5) is 16.4 Å². The van der Waals surface area contributed by atoms with Gasteiger partial charge in [-0.25, -0.2) is 4.79 Å². The summed E-state index contributed by atoms with van der Waals surface area (Å²) in [7, 11) is 0. The van der Waals surface area contributed by atoms with E-state index < -0.39 is 11.9 Å². The number of aryl methyl sites for hydroxylation is 1. The highest BCUT2D eigenvalue weighted by atomic mass is 32.1. The van der Waals surface area contributed by atoms with Gasteiger partial charge >= 0.3 is 5.97 Å². The molecule has 2 aromatic carbocycles. The molecule has 1 aliphatic heterocycles. The Hall–Kier alpha value is -3.65. The van der Waals surface area contributed by atoms with Crippen LogP contribution in [-0.2, 0) is 16.0 Å². The Kier molecular flexibility index (Phi) is 7.27. The second-order valence-corrected chi connectivity index (χ2v) is 9.02. The maximum Gasteiger partial charge on any atom is 0.348 e. The lowest BCUT2D eigenvalue weighted by molar-refractivity contribution is -0.115. The topological polar surface area (TPSA) is 87.7 Å². The van der Waals surface area contributed by atoms with Crippen molar-refractivity contribution < 1.29 is 19.1 Å². The molecule has 176 valence electrons. The molecule has 34 heavy (non-hydrogen) atoms. The van der Waals surface area contributed by atoms with E-state index in [1.165, 1.54) is 5.56 Å². The molecule has 2 heterocycles. The molecule has 1 aromatic heterocycles. The van der Waals surface area contributed by atoms with Gasteiger partial charge < -0.3 is 20.3 Å². The Bertz CT molecular complexity index is 1210. The first-order valence-corrected chi connectivity index (χ1v) is 12.1. The molecule has 0 atom stereocenters. The van der Waals surface area contributed by atoms with Crippen LogP contribution in [0.15, 0.2) is 54.6 Å². The largest absolute Gasteiger partial charge is 0.462 e. The van der Waals surface area contributed by atoms with E-state index in [1.807, 2.05) is 41.3 Å². The second kappa shape index (κ2) is 10.5. The molecule has 0 bridgehead atoms. The van der Waals surface area contributed by atoms with Crippen LogP contribution in [-0.4, -0.2) is 37.5 Å². The third-order valence-electron chi connectivity index (χ3n) is 5.66. The quantitative estimate of drug-likeness (QED) is 0.474. The summed E-state index contributed by atoms with van der Waals surface area (Å²) in [5, 5.41) is 6.07. The van der Waals surface area contributed by atoms with E-state index in [-0.39, 0.29) is 24.6 Å². The number of esters is 1. The molecule has 0 unspecified atom stereocenters. The van der Waals surface area contributed by atoms with Crippen LogP contribution in [0.25, 0.3) is 0 Å². The van der Waals surface area contributed by atoms with E-state index in [1.54, 1.807) is 26.0 Å². The summed E-state index contributed by atoms with van der Waals surface area (Å²) >= 11 is 1.06. The van der Waals surface area contributed by atoms with Crippen LogP contribution >= 0.6 is 11.3 Å². The van der Waals surface area contributed by atoms with Crippen LogP contribution in [0.2, 0.25) is 0 Å². The Morgan fingerprint density at radius 2 is 1.76 bits per heavy atom. The number of ether oxygens (including phenoxy) is 1. The maximum absolute atomic E-state index is 13.2. The first-order chi connectivity index (χ1) is 16.5. The monoisotopic (exact) mass is 477 g/mol. The van der Waals surface area contributed by atoms with Crippen molar-refractivity contribution >= 4 is 45.5 Å². The number of rotatable bonds is 7. The molecule has 2 N–H and O–H groups in total. The first-order valence-electron chi connectivity index (χ1n) is 11.3. The number of benzene rings is 2. The van der Waals surface area contributed by atoms with Gasteiger partial charge in [0.1, 0.15) is 9.88 Å². The summed E-state index contributed by atoms with van der Waals surface area (Å²) in [4.78, 5) is 41.1. The van der Waals surface area contributed by atoms with Crippen molar-refractivity contribution in [3.05, 3.63) is 76.2 Å². The molecule has 4 rings (SSSR count). The van der Waals surface area contributed by atoms with E-state index in [0.717, 1.165) is 36.4 Å². The van der Waals surface area contributed by atoms with Gasteiger partial charge in [-0.05, 0) is 56.0 Å². The van der Waals surface area contributed by atoms with Gasteiger partial charge in [0.25, 0.3) is 5.91 Å². The SMILES string of the molecule is CCOC(=O)c1sc(NC(=O)CN2CCCc3ccccc32)c(C(=O)Nc2ccccc2)c1C. The van der Waals surface area contributed by atoms with Crippen molar-refractivity contribution in [1.82, 2.24) is 0 Å². The van der Waals surface area contributed by atoms with Gasteiger partial charge in [0.05, 0.1) is 18.7 Å². The van der Waals surface area contributed by atoms with Crippen LogP contribution in [0.5, 0.6) is 0 Å². The highest BCUT2D eigenvalue weighted by Gasteiger charge is 2.27. The van der Waals surface area contributed by atoms with Crippen molar-refractivity contribution in [3.8, 4) is 0 Å². The van der Waals surface area contributed by atoms with Crippen LogP contribution in [0, 0.1) is 6.92 Å². The number of thiophene rings is 1. The molecule has 1 aliphatic rings. The third kappa shape index (κ3) is 5.12. The lowest BCUT2D eigenvalue weighted by Gasteiger charge is -2.30. The predicted molar refractivity (Wildman–Crippen MR) is 135 cm³/mol. The van der Waals surface area contributed by atoms with Crippen LogP contribution in [0.3, 0.4) is 0 Å². The molecular weight excluding hydrogens is 450 g/mol. The van der Waals surface area contributed by atoms with E-state index in [9.17, 15) is 14.4 Å². The summed E-state index contributed by atoms with van der Waals surface area (Å²) in [5.41, 5.74) is 3.65. The van der Waals surface area contributed by atoms with E-state index in [0.29, 0.717) is 21.1 Å². The fourth-order valence-electron chi connectivity index (χ4n) is 4.10. The van der Waals surface area contributed by atoms with Gasteiger partial charge in [-0.15, -0.1) is 11.3 Å². The van der Waals surface area contributed by atoms with Gasteiger partial charge in [0, 0.05) is 17.9 Å². The minimum Gasteiger partial charge on any atom is -0.462 e. The summed E-state index contributed by atoms with van der Waals surface area (Å²) in [6.07, 6.45) is 1.96. The average Bonchev–Trinajstić information content (AvgIpc) is 3.15. The lowest BCUT2D eigenvalue weighted by Crippen LogP contribution is -2.36. The number of hydrogen-bond acceptors (Lipinski definition) is 6. The number of para-hydroxylation sites is 2. The molecule has 0 radical (unpaired) electrons. The zero-order chi connectivity index (χ0) is 24.1. The lowest BCUT2D eigenvalue weighted by atomic mass is 10.0. The number of carbonyl (C=O) groups excluding carboxylic acids is 3. The van der Waals surface area contributed by atoms with Gasteiger partial charge in [0.2, 0.25) is 5.91 Å². The van der Waals surface area contributed by atoms with Crippen molar-refractivity contribution in [3.63, 3.8) is 0 Å². The standard InChI is InChI=1S/C26H27N3O4S/c1-3-33-26(32)23-17(2)22(24(31)27-19-12-5-4-6-13-19)25(34-23)28-21(30)16-29-15-9-11-18-10-7-8-14-20(18)29/h4-8,10,12-14H,3,9,11,15-16H2,1-2H3,(H,27,31)(H,28,30). The molecule has 0 fully saturated rings. The Morgan fingerprint density at radius 3 is 2.53 bits per heavy atom. The molecule has 0 saturated carbocycles. The zero-order valence-electron chi connectivity index (χ0n) is 19.2. The van der Waals surface area contributed by atoms with Crippen molar-refractivity contribution in [2.75, 3.05) is 35.2 Å². The normalized spacial score (nSPS) is 12.6. The Balaban J connectivity index is 1.58. The average molecular weight is 478 g/mol. The number of amides is 2. The van der Waals surface area contributed by atoms with Gasteiger partial charge in [-0.2, -0.15) is 0 Å². The first kappa shape index (κ1) is 23.5. The van der Waals surface area contributed by atoms with Crippen molar-refractivity contribution in [1.29, 1.82) is 0 Å². The van der Waals surface area contributed by atoms with Gasteiger partial charge in [0.15, 0.2) is 0 Å². The van der Waals surface area contributed by atoms with Crippen molar-refractivity contribution in [2.24, 2.45) is 0 Å². The number of fused-ring (bicyclic) bond motifs is 1. The Labute approximate surface area is 202 Å². The fourth-order valence-corrected chi connectivity index (χ4v) is 5.21. The molecule has 0 aliphatic carbocycles. The highest BCUT2D eigenvalue weighted by Crippen LogP contribution is 2.35. The Morgan fingerprint density at radius 1 is 1.03 bits per heavy atom. The van der Waals surface area contributed by atoms with E-state index in [2.05, 4.69) is 16.7 Å². The van der Waals surface area contributed by atoms with Crippen LogP contribution < -0.4 is 15.5 Å². The molecular formula is C26H27N3O4S. The van der Waals surface area contributed by atoms with Gasteiger partial charge in [-0.3, -0.25) is 9.59 Å². The summed E-state index contributed by atoms with van der Waals surface area (Å²) in [6.45, 7) is 4.58. The number of carbonyl (C=O) groups is 3. The summed E-state index contributed by atoms with van der Waals surface area (Å²) in [6, 6.07) is 17.1. The van der Waals surface area contributed by atoms with Crippen LogP contribution in [0.1, 0.15) is 44.5 Å². The number of nitrogens with zero attached hydrogens (tertiary/aromatic N) is 1. The molecule has 0 saturated heterocycles. The highest BCUT2D eigenvalue weighted by molar-refractivity contribution is 7.18. The predicted octanol–water partition coefficient (Wildman–Crippen LogP) is 4.88. The zero-order valence-corrected chi connectivity index (χ0v) is 20.0. The molecule has 8 heteroatoms. The fraction of sp³-hybridized carbons (Fsp3) is 0.269. The smallest absolute Gasteiger partial charge is 0.348 e. The molecule has 7 nitrogen and oxygen atoms in total. The minimum atomic E-state index is -0.510. The number of nitrogens with one attached hydrogen (secondary N) is 2. The summed E-state index contributed by atoms with van der Waals surface area (Å²) < 4.78 is 5.16. The maximum atomic E-state index is 13.2. The van der Waals surface area contributed by atoms with Gasteiger partial charge in [-0.1, -0.05) is 36.4 Å². The van der Waals surface area contributed by atoms with E-state index >= 15 is 0 Å².